The number of methoxy groups -OCH3 is 1. The highest BCUT2D eigenvalue weighted by Crippen LogP contribution is 2.19. The van der Waals surface area contributed by atoms with Crippen LogP contribution in [0.4, 0.5) is 0 Å². The molecule has 0 saturated carbocycles. The van der Waals surface area contributed by atoms with Gasteiger partial charge >= 0.3 is 0 Å². The van der Waals surface area contributed by atoms with E-state index in [-0.39, 0.29) is 23.3 Å². The summed E-state index contributed by atoms with van der Waals surface area (Å²) in [6.45, 7) is 2.62. The molecule has 2 fully saturated rings. The second kappa shape index (κ2) is 6.34. The minimum Gasteiger partial charge on any atom is -0.383 e. The number of ether oxygens (including phenoxy) is 1. The molecule has 2 unspecified atom stereocenters. The molecule has 0 radical (unpaired) electrons. The Morgan fingerprint density at radius 1 is 1.58 bits per heavy atom. The van der Waals surface area contributed by atoms with Crippen LogP contribution in [0.25, 0.3) is 0 Å². The first kappa shape index (κ1) is 14.3. The smallest absolute Gasteiger partial charge is 0.224 e. The van der Waals surface area contributed by atoms with Crippen molar-refractivity contribution in [1.82, 2.24) is 16.0 Å². The molecule has 0 aromatic rings. The van der Waals surface area contributed by atoms with Crippen molar-refractivity contribution < 1.29 is 14.3 Å². The summed E-state index contributed by atoms with van der Waals surface area (Å²) in [5.41, 5.74) is -0.123. The lowest BCUT2D eigenvalue weighted by molar-refractivity contribution is -0.129. The van der Waals surface area contributed by atoms with Crippen molar-refractivity contribution in [2.75, 3.05) is 33.4 Å². The molecule has 2 saturated heterocycles. The van der Waals surface area contributed by atoms with Gasteiger partial charge in [-0.1, -0.05) is 0 Å². The Balaban J connectivity index is 1.80. The fourth-order valence-corrected chi connectivity index (χ4v) is 2.83. The molecule has 0 aliphatic carbocycles. The Bertz CT molecular complexity index is 330. The zero-order chi connectivity index (χ0) is 13.7. The van der Waals surface area contributed by atoms with Crippen LogP contribution >= 0.6 is 0 Å². The molecule has 0 bridgehead atoms. The average Bonchev–Trinajstić information content (AvgIpc) is 2.86. The SMILES string of the molecule is COCC1(CNC(=O)C2CCC(=O)NC2)CCCN1. The molecule has 6 nitrogen and oxygen atoms in total. The number of amides is 2. The largest absolute Gasteiger partial charge is 0.383 e. The molecule has 0 aromatic carbocycles. The Morgan fingerprint density at radius 2 is 2.42 bits per heavy atom. The van der Waals surface area contributed by atoms with Gasteiger partial charge in [0.1, 0.15) is 0 Å². The van der Waals surface area contributed by atoms with Crippen LogP contribution in [0.5, 0.6) is 0 Å². The maximum absolute atomic E-state index is 12.1. The molecule has 2 heterocycles. The van der Waals surface area contributed by atoms with E-state index in [9.17, 15) is 9.59 Å². The second-order valence-electron chi connectivity index (χ2n) is 5.50. The van der Waals surface area contributed by atoms with Crippen LogP contribution in [-0.2, 0) is 14.3 Å². The Kier molecular flexibility index (Phi) is 4.76. The number of rotatable bonds is 5. The van der Waals surface area contributed by atoms with Crippen LogP contribution in [0, 0.1) is 5.92 Å². The van der Waals surface area contributed by atoms with Gasteiger partial charge in [0.05, 0.1) is 18.1 Å². The van der Waals surface area contributed by atoms with Crippen molar-refractivity contribution in [2.45, 2.75) is 31.2 Å². The summed E-state index contributed by atoms with van der Waals surface area (Å²) >= 11 is 0. The number of hydrogen-bond donors (Lipinski definition) is 3. The maximum atomic E-state index is 12.1. The summed E-state index contributed by atoms with van der Waals surface area (Å²) in [5.74, 6) is -0.0276. The molecule has 0 spiro atoms. The van der Waals surface area contributed by atoms with Crippen molar-refractivity contribution in [3.63, 3.8) is 0 Å². The second-order valence-corrected chi connectivity index (χ2v) is 5.50. The highest BCUT2D eigenvalue weighted by molar-refractivity contribution is 5.83. The van der Waals surface area contributed by atoms with Crippen molar-refractivity contribution in [1.29, 1.82) is 0 Å². The zero-order valence-electron chi connectivity index (χ0n) is 11.5. The summed E-state index contributed by atoms with van der Waals surface area (Å²) in [6.07, 6.45) is 3.21. The van der Waals surface area contributed by atoms with Crippen LogP contribution < -0.4 is 16.0 Å². The van der Waals surface area contributed by atoms with Gasteiger partial charge in [0.25, 0.3) is 0 Å². The number of hydrogen-bond acceptors (Lipinski definition) is 4. The third kappa shape index (κ3) is 3.67. The van der Waals surface area contributed by atoms with Crippen LogP contribution in [0.2, 0.25) is 0 Å². The van der Waals surface area contributed by atoms with E-state index in [0.29, 0.717) is 32.5 Å². The number of piperidine rings is 1. The van der Waals surface area contributed by atoms with Gasteiger partial charge in [-0.25, -0.2) is 0 Å². The van der Waals surface area contributed by atoms with Crippen LogP contribution in [0.15, 0.2) is 0 Å². The molecule has 2 atom stereocenters. The summed E-state index contributed by atoms with van der Waals surface area (Å²) in [5, 5.41) is 9.16. The normalized spacial score (nSPS) is 31.0. The third-order valence-electron chi connectivity index (χ3n) is 3.99. The van der Waals surface area contributed by atoms with Gasteiger partial charge in [0, 0.05) is 26.6 Å². The fourth-order valence-electron chi connectivity index (χ4n) is 2.83. The molecule has 3 N–H and O–H groups in total. The summed E-state index contributed by atoms with van der Waals surface area (Å²) in [6, 6.07) is 0. The lowest BCUT2D eigenvalue weighted by Gasteiger charge is -2.30. The standard InChI is InChI=1S/C13H23N3O3/c1-19-9-13(5-2-6-16-13)8-15-12(18)10-3-4-11(17)14-7-10/h10,16H,2-9H2,1H3,(H,14,17)(H,15,18). The predicted octanol–water partition coefficient (Wildman–Crippen LogP) is -0.603. The van der Waals surface area contributed by atoms with Gasteiger partial charge in [-0.15, -0.1) is 0 Å². The zero-order valence-corrected chi connectivity index (χ0v) is 11.5. The van der Waals surface area contributed by atoms with Crippen molar-refractivity contribution in [3.05, 3.63) is 0 Å². The maximum Gasteiger partial charge on any atom is 0.224 e. The molecule has 6 heteroatoms. The topological polar surface area (TPSA) is 79.5 Å². The third-order valence-corrected chi connectivity index (χ3v) is 3.99. The van der Waals surface area contributed by atoms with E-state index in [1.54, 1.807) is 7.11 Å². The van der Waals surface area contributed by atoms with Gasteiger partial charge in [0.2, 0.25) is 11.8 Å². The van der Waals surface area contributed by atoms with E-state index in [1.807, 2.05) is 0 Å². The van der Waals surface area contributed by atoms with Gasteiger partial charge < -0.3 is 20.7 Å². The van der Waals surface area contributed by atoms with E-state index in [1.165, 1.54) is 0 Å². The lowest BCUT2D eigenvalue weighted by Crippen LogP contribution is -2.54. The van der Waals surface area contributed by atoms with Crippen LogP contribution in [0.3, 0.4) is 0 Å². The lowest BCUT2D eigenvalue weighted by atomic mass is 9.96. The molecule has 2 aliphatic heterocycles. The fraction of sp³-hybridized carbons (Fsp3) is 0.846. The Labute approximate surface area is 113 Å². The summed E-state index contributed by atoms with van der Waals surface area (Å²) in [4.78, 5) is 23.1. The van der Waals surface area contributed by atoms with Gasteiger partial charge in [-0.2, -0.15) is 0 Å². The highest BCUT2D eigenvalue weighted by Gasteiger charge is 2.34. The van der Waals surface area contributed by atoms with E-state index in [2.05, 4.69) is 16.0 Å². The van der Waals surface area contributed by atoms with Gasteiger partial charge in [-0.05, 0) is 25.8 Å². The van der Waals surface area contributed by atoms with Crippen molar-refractivity contribution in [2.24, 2.45) is 5.92 Å². The highest BCUT2D eigenvalue weighted by atomic mass is 16.5. The molecule has 2 rings (SSSR count). The molecule has 2 aliphatic rings. The molecular formula is C13H23N3O3. The molecule has 108 valence electrons. The molecule has 2 amide bonds. The minimum absolute atomic E-state index is 0.0316. The van der Waals surface area contributed by atoms with E-state index >= 15 is 0 Å². The van der Waals surface area contributed by atoms with E-state index in [0.717, 1.165) is 19.4 Å². The van der Waals surface area contributed by atoms with Crippen molar-refractivity contribution in [3.8, 4) is 0 Å². The monoisotopic (exact) mass is 269 g/mol. The molecule has 0 aromatic heterocycles. The number of carbonyl (C=O) groups is 2. The van der Waals surface area contributed by atoms with Crippen molar-refractivity contribution >= 4 is 11.8 Å². The van der Waals surface area contributed by atoms with E-state index < -0.39 is 0 Å². The minimum atomic E-state index is -0.123. The Hall–Kier alpha value is -1.14. The number of carbonyl (C=O) groups excluding carboxylic acids is 2. The summed E-state index contributed by atoms with van der Waals surface area (Å²) in [7, 11) is 1.68. The van der Waals surface area contributed by atoms with Crippen LogP contribution in [-0.4, -0.2) is 50.7 Å². The predicted molar refractivity (Wildman–Crippen MR) is 70.6 cm³/mol. The number of nitrogens with one attached hydrogen (secondary N) is 3. The average molecular weight is 269 g/mol. The van der Waals surface area contributed by atoms with Gasteiger partial charge in [-0.3, -0.25) is 9.59 Å². The molecular weight excluding hydrogens is 246 g/mol. The van der Waals surface area contributed by atoms with Crippen LogP contribution in [0.1, 0.15) is 25.7 Å². The first-order chi connectivity index (χ1) is 9.15. The van der Waals surface area contributed by atoms with E-state index in [4.69, 9.17) is 4.74 Å². The molecule has 19 heavy (non-hydrogen) atoms. The Morgan fingerprint density at radius 3 is 3.00 bits per heavy atom. The first-order valence-corrected chi connectivity index (χ1v) is 6.94. The van der Waals surface area contributed by atoms with Gasteiger partial charge in [0.15, 0.2) is 0 Å². The quantitative estimate of drug-likeness (QED) is 0.622. The first-order valence-electron chi connectivity index (χ1n) is 6.94. The summed E-state index contributed by atoms with van der Waals surface area (Å²) < 4.78 is 5.25.